The Hall–Kier alpha value is -1.22. The molecule has 8 heteroatoms. The van der Waals surface area contributed by atoms with Crippen LogP contribution in [0.5, 0.6) is 0 Å². The van der Waals surface area contributed by atoms with E-state index < -0.39 is 10.0 Å². The molecule has 1 aliphatic rings. The lowest BCUT2D eigenvalue weighted by Gasteiger charge is -2.26. The standard InChI is InChI=1S/C14H18N2O4S2/c1-2-5-16-12-4-3-11(10-13(12)21-14(16)17)22(18,19)15-6-8-20-9-7-15/h3-4,10H,2,5-9H2,1H3. The van der Waals surface area contributed by atoms with E-state index in [1.165, 1.54) is 4.31 Å². The van der Waals surface area contributed by atoms with E-state index in [4.69, 9.17) is 4.74 Å². The molecule has 1 aromatic carbocycles. The van der Waals surface area contributed by atoms with Crippen LogP contribution in [0.4, 0.5) is 0 Å². The van der Waals surface area contributed by atoms with Crippen molar-refractivity contribution in [3.05, 3.63) is 27.9 Å². The minimum Gasteiger partial charge on any atom is -0.379 e. The quantitative estimate of drug-likeness (QED) is 0.844. The Morgan fingerprint density at radius 1 is 1.27 bits per heavy atom. The summed E-state index contributed by atoms with van der Waals surface area (Å²) in [4.78, 5) is 12.2. The Balaban J connectivity index is 2.03. The molecule has 1 saturated heterocycles. The van der Waals surface area contributed by atoms with E-state index in [1.54, 1.807) is 22.8 Å². The number of sulfonamides is 1. The van der Waals surface area contributed by atoms with Crippen molar-refractivity contribution in [1.29, 1.82) is 0 Å². The zero-order chi connectivity index (χ0) is 15.7. The predicted molar refractivity (Wildman–Crippen MR) is 86.0 cm³/mol. The SMILES string of the molecule is CCCn1c(=O)sc2cc(S(=O)(=O)N3CCOCC3)ccc21. The van der Waals surface area contributed by atoms with E-state index in [1.807, 2.05) is 6.92 Å². The number of hydrogen-bond donors (Lipinski definition) is 0. The third-order valence-electron chi connectivity index (χ3n) is 3.69. The summed E-state index contributed by atoms with van der Waals surface area (Å²) in [5.41, 5.74) is 0.803. The highest BCUT2D eigenvalue weighted by Gasteiger charge is 2.26. The summed E-state index contributed by atoms with van der Waals surface area (Å²) in [5.74, 6) is 0. The molecule has 0 atom stereocenters. The molecule has 1 aromatic heterocycles. The van der Waals surface area contributed by atoms with E-state index in [0.29, 0.717) is 37.5 Å². The van der Waals surface area contributed by atoms with Gasteiger partial charge in [0.1, 0.15) is 0 Å². The van der Waals surface area contributed by atoms with Gasteiger partial charge in [0.2, 0.25) is 10.0 Å². The first-order chi connectivity index (χ1) is 10.5. The molecule has 0 radical (unpaired) electrons. The summed E-state index contributed by atoms with van der Waals surface area (Å²) in [5, 5.41) is 0. The second-order valence-electron chi connectivity index (χ2n) is 5.17. The van der Waals surface area contributed by atoms with Crippen LogP contribution < -0.4 is 4.87 Å². The van der Waals surface area contributed by atoms with Crippen LogP contribution in [-0.2, 0) is 21.3 Å². The minimum atomic E-state index is -3.52. The second kappa shape index (κ2) is 6.11. The van der Waals surface area contributed by atoms with Gasteiger partial charge in [-0.15, -0.1) is 0 Å². The fourth-order valence-electron chi connectivity index (χ4n) is 2.58. The maximum Gasteiger partial charge on any atom is 0.308 e. The predicted octanol–water partition coefficient (Wildman–Crippen LogP) is 1.49. The number of thiazole rings is 1. The third-order valence-corrected chi connectivity index (χ3v) is 6.53. The molecule has 0 bridgehead atoms. The van der Waals surface area contributed by atoms with Gasteiger partial charge in [0, 0.05) is 19.6 Å². The highest BCUT2D eigenvalue weighted by molar-refractivity contribution is 7.89. The summed E-state index contributed by atoms with van der Waals surface area (Å²) in [7, 11) is -3.52. The Morgan fingerprint density at radius 3 is 2.68 bits per heavy atom. The van der Waals surface area contributed by atoms with Gasteiger partial charge >= 0.3 is 4.87 Å². The van der Waals surface area contributed by atoms with Crippen LogP contribution in [0.25, 0.3) is 10.2 Å². The summed E-state index contributed by atoms with van der Waals surface area (Å²) >= 11 is 1.10. The molecule has 0 spiro atoms. The van der Waals surface area contributed by atoms with E-state index >= 15 is 0 Å². The molecule has 2 aromatic rings. The van der Waals surface area contributed by atoms with Crippen molar-refractivity contribution in [2.75, 3.05) is 26.3 Å². The number of hydrogen-bond acceptors (Lipinski definition) is 5. The monoisotopic (exact) mass is 342 g/mol. The van der Waals surface area contributed by atoms with E-state index in [-0.39, 0.29) is 9.77 Å². The molecule has 120 valence electrons. The zero-order valence-electron chi connectivity index (χ0n) is 12.3. The summed E-state index contributed by atoms with van der Waals surface area (Å²) in [6.07, 6.45) is 0.861. The molecular formula is C14H18N2O4S2. The summed E-state index contributed by atoms with van der Waals surface area (Å²) in [6, 6.07) is 4.93. The number of ether oxygens (including phenoxy) is 1. The van der Waals surface area contributed by atoms with Crippen molar-refractivity contribution in [3.8, 4) is 0 Å². The zero-order valence-corrected chi connectivity index (χ0v) is 14.0. The van der Waals surface area contributed by atoms with Crippen molar-refractivity contribution in [1.82, 2.24) is 8.87 Å². The molecule has 0 amide bonds. The van der Waals surface area contributed by atoms with Gasteiger partial charge in [-0.25, -0.2) is 8.42 Å². The lowest BCUT2D eigenvalue weighted by molar-refractivity contribution is 0.0730. The van der Waals surface area contributed by atoms with Gasteiger partial charge in [-0.2, -0.15) is 4.31 Å². The average Bonchev–Trinajstić information content (AvgIpc) is 2.84. The Bertz CT molecular complexity index is 832. The maximum absolute atomic E-state index is 12.6. The summed E-state index contributed by atoms with van der Waals surface area (Å²) in [6.45, 7) is 4.23. The Kier molecular flexibility index (Phi) is 4.35. The van der Waals surface area contributed by atoms with Gasteiger partial charge < -0.3 is 4.74 Å². The van der Waals surface area contributed by atoms with Gasteiger partial charge in [0.25, 0.3) is 0 Å². The lowest BCUT2D eigenvalue weighted by Crippen LogP contribution is -2.40. The summed E-state index contributed by atoms with van der Waals surface area (Å²) < 4.78 is 34.3. The van der Waals surface area contributed by atoms with Crippen LogP contribution in [0.3, 0.4) is 0 Å². The van der Waals surface area contributed by atoms with Crippen molar-refractivity contribution >= 4 is 31.6 Å². The largest absolute Gasteiger partial charge is 0.379 e. The van der Waals surface area contributed by atoms with Crippen LogP contribution in [0, 0.1) is 0 Å². The average molecular weight is 342 g/mol. The molecule has 0 saturated carbocycles. The number of benzene rings is 1. The van der Waals surface area contributed by atoms with E-state index in [0.717, 1.165) is 23.3 Å². The van der Waals surface area contributed by atoms with Crippen LogP contribution in [0.15, 0.2) is 27.9 Å². The topological polar surface area (TPSA) is 68.6 Å². The number of nitrogens with zero attached hydrogens (tertiary/aromatic N) is 2. The highest BCUT2D eigenvalue weighted by atomic mass is 32.2. The molecule has 22 heavy (non-hydrogen) atoms. The smallest absolute Gasteiger partial charge is 0.308 e. The minimum absolute atomic E-state index is 0.0437. The Morgan fingerprint density at radius 2 is 2.00 bits per heavy atom. The fourth-order valence-corrected chi connectivity index (χ4v) is 5.04. The fraction of sp³-hybridized carbons (Fsp3) is 0.500. The normalized spacial score (nSPS) is 17.1. The number of rotatable bonds is 4. The molecule has 3 rings (SSSR count). The third kappa shape index (κ3) is 2.71. The van der Waals surface area contributed by atoms with E-state index in [2.05, 4.69) is 0 Å². The lowest BCUT2D eigenvalue weighted by atomic mass is 10.3. The molecule has 0 aliphatic carbocycles. The van der Waals surface area contributed by atoms with Gasteiger partial charge in [0.05, 0.1) is 28.3 Å². The first kappa shape index (κ1) is 15.7. The first-order valence-corrected chi connectivity index (χ1v) is 9.51. The molecule has 1 aliphatic heterocycles. The molecule has 0 unspecified atom stereocenters. The molecule has 1 fully saturated rings. The highest BCUT2D eigenvalue weighted by Crippen LogP contribution is 2.24. The van der Waals surface area contributed by atoms with Crippen molar-refractivity contribution in [3.63, 3.8) is 0 Å². The van der Waals surface area contributed by atoms with Crippen molar-refractivity contribution in [2.45, 2.75) is 24.8 Å². The molecule has 0 N–H and O–H groups in total. The van der Waals surface area contributed by atoms with Gasteiger partial charge in [-0.05, 0) is 24.6 Å². The van der Waals surface area contributed by atoms with Gasteiger partial charge in [-0.1, -0.05) is 18.3 Å². The number of aromatic nitrogens is 1. The van der Waals surface area contributed by atoms with Gasteiger partial charge in [0.15, 0.2) is 0 Å². The maximum atomic E-state index is 12.6. The Labute approximate surface area is 133 Å². The van der Waals surface area contributed by atoms with Crippen LogP contribution in [0.1, 0.15) is 13.3 Å². The van der Waals surface area contributed by atoms with Crippen LogP contribution in [0.2, 0.25) is 0 Å². The van der Waals surface area contributed by atoms with Crippen molar-refractivity contribution < 1.29 is 13.2 Å². The molecule has 2 heterocycles. The second-order valence-corrected chi connectivity index (χ2v) is 8.10. The first-order valence-electron chi connectivity index (χ1n) is 7.25. The van der Waals surface area contributed by atoms with Crippen LogP contribution >= 0.6 is 11.3 Å². The van der Waals surface area contributed by atoms with Crippen molar-refractivity contribution in [2.24, 2.45) is 0 Å². The van der Waals surface area contributed by atoms with Crippen LogP contribution in [-0.4, -0.2) is 43.6 Å². The van der Waals surface area contributed by atoms with Gasteiger partial charge in [-0.3, -0.25) is 9.36 Å². The number of aryl methyl sites for hydroxylation is 1. The molecular weight excluding hydrogens is 324 g/mol. The number of fused-ring (bicyclic) bond motifs is 1. The van der Waals surface area contributed by atoms with E-state index in [9.17, 15) is 13.2 Å². The molecule has 6 nitrogen and oxygen atoms in total. The number of morpholine rings is 1.